The highest BCUT2D eigenvalue weighted by Crippen LogP contribution is 2.23. The minimum atomic E-state index is -0.461. The number of benzene rings is 2. The first-order chi connectivity index (χ1) is 9.60. The van der Waals surface area contributed by atoms with Crippen LogP contribution in [-0.4, -0.2) is 5.91 Å². The van der Waals surface area contributed by atoms with Crippen LogP contribution in [0.4, 0.5) is 0 Å². The summed E-state index contributed by atoms with van der Waals surface area (Å²) in [6.07, 6.45) is 0. The molecule has 5 heteroatoms. The van der Waals surface area contributed by atoms with Gasteiger partial charge in [0, 0.05) is 10.0 Å². The minimum Gasteiger partial charge on any atom is -0.488 e. The SMILES string of the molecule is N#Cc1cc(Br)ccc1OCc1ccc(C(N)=O)cc1. The zero-order valence-electron chi connectivity index (χ0n) is 10.5. The maximum atomic E-state index is 11.0. The summed E-state index contributed by atoms with van der Waals surface area (Å²) >= 11 is 3.30. The van der Waals surface area contributed by atoms with E-state index >= 15 is 0 Å². The van der Waals surface area contributed by atoms with Crippen LogP contribution in [0.15, 0.2) is 46.9 Å². The zero-order chi connectivity index (χ0) is 14.5. The van der Waals surface area contributed by atoms with E-state index in [-0.39, 0.29) is 0 Å². The number of nitrogens with zero attached hydrogens (tertiary/aromatic N) is 1. The van der Waals surface area contributed by atoms with Gasteiger partial charge in [0.05, 0.1) is 5.56 Å². The summed E-state index contributed by atoms with van der Waals surface area (Å²) in [5, 5.41) is 9.04. The van der Waals surface area contributed by atoms with E-state index in [2.05, 4.69) is 22.0 Å². The van der Waals surface area contributed by atoms with Crippen LogP contribution < -0.4 is 10.5 Å². The summed E-state index contributed by atoms with van der Waals surface area (Å²) in [5.41, 5.74) is 6.98. The maximum absolute atomic E-state index is 11.0. The van der Waals surface area contributed by atoms with Crippen molar-refractivity contribution in [1.29, 1.82) is 5.26 Å². The molecule has 2 N–H and O–H groups in total. The molecule has 0 aliphatic heterocycles. The minimum absolute atomic E-state index is 0.315. The van der Waals surface area contributed by atoms with E-state index in [0.717, 1.165) is 10.0 Å². The molecule has 2 aromatic rings. The van der Waals surface area contributed by atoms with Crippen molar-refractivity contribution in [2.24, 2.45) is 5.73 Å². The number of amides is 1. The predicted octanol–water partition coefficient (Wildman–Crippen LogP) is 3.00. The van der Waals surface area contributed by atoms with E-state index in [1.54, 1.807) is 36.4 Å². The van der Waals surface area contributed by atoms with Gasteiger partial charge in [-0.05, 0) is 35.9 Å². The van der Waals surface area contributed by atoms with E-state index < -0.39 is 5.91 Å². The van der Waals surface area contributed by atoms with Gasteiger partial charge in [0.15, 0.2) is 0 Å². The number of nitriles is 1. The molecule has 100 valence electrons. The van der Waals surface area contributed by atoms with Gasteiger partial charge in [0.1, 0.15) is 18.4 Å². The molecule has 0 aliphatic rings. The van der Waals surface area contributed by atoms with Gasteiger partial charge < -0.3 is 10.5 Å². The quantitative estimate of drug-likeness (QED) is 0.936. The van der Waals surface area contributed by atoms with Crippen molar-refractivity contribution < 1.29 is 9.53 Å². The number of primary amides is 1. The van der Waals surface area contributed by atoms with E-state index in [1.807, 2.05) is 6.07 Å². The van der Waals surface area contributed by atoms with Gasteiger partial charge in [-0.15, -0.1) is 0 Å². The Labute approximate surface area is 124 Å². The Hall–Kier alpha value is -2.32. The Balaban J connectivity index is 2.09. The van der Waals surface area contributed by atoms with Crippen LogP contribution in [0.1, 0.15) is 21.5 Å². The second-order valence-corrected chi connectivity index (χ2v) is 5.02. The Morgan fingerprint density at radius 3 is 2.55 bits per heavy atom. The molecule has 2 aromatic carbocycles. The number of hydrogen-bond acceptors (Lipinski definition) is 3. The molecule has 0 heterocycles. The Morgan fingerprint density at radius 1 is 1.25 bits per heavy atom. The lowest BCUT2D eigenvalue weighted by molar-refractivity contribution is 0.1000. The lowest BCUT2D eigenvalue weighted by atomic mass is 10.1. The molecular formula is C15H11BrN2O2. The smallest absolute Gasteiger partial charge is 0.248 e. The third kappa shape index (κ3) is 3.37. The van der Waals surface area contributed by atoms with E-state index in [0.29, 0.717) is 23.5 Å². The number of carbonyl (C=O) groups excluding carboxylic acids is 1. The summed E-state index contributed by atoms with van der Waals surface area (Å²) in [7, 11) is 0. The molecule has 0 radical (unpaired) electrons. The van der Waals surface area contributed by atoms with Crippen LogP contribution >= 0.6 is 15.9 Å². The molecule has 0 saturated heterocycles. The molecule has 4 nitrogen and oxygen atoms in total. The summed E-state index contributed by atoms with van der Waals surface area (Å²) in [5.74, 6) is 0.0619. The molecular weight excluding hydrogens is 320 g/mol. The lowest BCUT2D eigenvalue weighted by Gasteiger charge is -2.08. The molecule has 0 saturated carbocycles. The third-order valence-corrected chi connectivity index (χ3v) is 3.19. The van der Waals surface area contributed by atoms with Crippen LogP contribution in [0.3, 0.4) is 0 Å². The molecule has 1 amide bonds. The van der Waals surface area contributed by atoms with Crippen LogP contribution in [0.2, 0.25) is 0 Å². The monoisotopic (exact) mass is 330 g/mol. The molecule has 0 spiro atoms. The highest BCUT2D eigenvalue weighted by Gasteiger charge is 2.05. The highest BCUT2D eigenvalue weighted by atomic mass is 79.9. The fourth-order valence-electron chi connectivity index (χ4n) is 1.64. The Kier molecular flexibility index (Phi) is 4.38. The van der Waals surface area contributed by atoms with Crippen molar-refractivity contribution >= 4 is 21.8 Å². The number of nitrogens with two attached hydrogens (primary N) is 1. The molecule has 0 fully saturated rings. The second-order valence-electron chi connectivity index (χ2n) is 4.10. The zero-order valence-corrected chi connectivity index (χ0v) is 12.1. The lowest BCUT2D eigenvalue weighted by Crippen LogP contribution is -2.10. The van der Waals surface area contributed by atoms with Gasteiger partial charge in [-0.25, -0.2) is 0 Å². The van der Waals surface area contributed by atoms with E-state index in [1.165, 1.54) is 0 Å². The molecule has 0 aromatic heterocycles. The van der Waals surface area contributed by atoms with Gasteiger partial charge in [-0.2, -0.15) is 5.26 Å². The first-order valence-electron chi connectivity index (χ1n) is 5.81. The van der Waals surface area contributed by atoms with Gasteiger partial charge in [0.2, 0.25) is 5.91 Å². The van der Waals surface area contributed by atoms with Crippen LogP contribution in [0.25, 0.3) is 0 Å². The van der Waals surface area contributed by atoms with Crippen molar-refractivity contribution in [3.8, 4) is 11.8 Å². The Morgan fingerprint density at radius 2 is 1.95 bits per heavy atom. The van der Waals surface area contributed by atoms with Crippen molar-refractivity contribution in [2.45, 2.75) is 6.61 Å². The van der Waals surface area contributed by atoms with Gasteiger partial charge in [-0.3, -0.25) is 4.79 Å². The molecule has 0 unspecified atom stereocenters. The molecule has 2 rings (SSSR count). The Bertz CT molecular complexity index is 675. The summed E-state index contributed by atoms with van der Waals surface area (Å²) in [4.78, 5) is 11.0. The maximum Gasteiger partial charge on any atom is 0.248 e. The highest BCUT2D eigenvalue weighted by molar-refractivity contribution is 9.10. The van der Waals surface area contributed by atoms with Crippen LogP contribution in [0.5, 0.6) is 5.75 Å². The van der Waals surface area contributed by atoms with Crippen LogP contribution in [0, 0.1) is 11.3 Å². The van der Waals surface area contributed by atoms with Crippen molar-refractivity contribution in [1.82, 2.24) is 0 Å². The van der Waals surface area contributed by atoms with Gasteiger partial charge in [-0.1, -0.05) is 28.1 Å². The molecule has 0 bridgehead atoms. The van der Waals surface area contributed by atoms with E-state index in [4.69, 9.17) is 15.7 Å². The average Bonchev–Trinajstić information content (AvgIpc) is 2.46. The number of halogens is 1. The molecule has 0 atom stereocenters. The number of hydrogen-bond donors (Lipinski definition) is 1. The topological polar surface area (TPSA) is 76.1 Å². The number of ether oxygens (including phenoxy) is 1. The normalized spacial score (nSPS) is 9.80. The van der Waals surface area contributed by atoms with Crippen molar-refractivity contribution in [3.63, 3.8) is 0 Å². The summed E-state index contributed by atoms with van der Waals surface area (Å²) in [6.45, 7) is 0.315. The fourth-order valence-corrected chi connectivity index (χ4v) is 2.00. The standard InChI is InChI=1S/C15H11BrN2O2/c16-13-5-6-14(12(7-13)8-17)20-9-10-1-3-11(4-2-10)15(18)19/h1-7H,9H2,(H2,18,19). The summed E-state index contributed by atoms with van der Waals surface area (Å²) in [6, 6.07) is 14.2. The van der Waals surface area contributed by atoms with Crippen molar-refractivity contribution in [3.05, 3.63) is 63.6 Å². The largest absolute Gasteiger partial charge is 0.488 e. The van der Waals surface area contributed by atoms with Crippen LogP contribution in [-0.2, 0) is 6.61 Å². The molecule has 20 heavy (non-hydrogen) atoms. The second kappa shape index (κ2) is 6.22. The van der Waals surface area contributed by atoms with E-state index in [9.17, 15) is 4.79 Å². The first kappa shape index (κ1) is 14.1. The number of rotatable bonds is 4. The first-order valence-corrected chi connectivity index (χ1v) is 6.60. The average molecular weight is 331 g/mol. The number of carbonyl (C=O) groups is 1. The molecule has 0 aliphatic carbocycles. The summed E-state index contributed by atoms with van der Waals surface area (Å²) < 4.78 is 6.44. The van der Waals surface area contributed by atoms with Gasteiger partial charge >= 0.3 is 0 Å². The third-order valence-electron chi connectivity index (χ3n) is 2.69. The predicted molar refractivity (Wildman–Crippen MR) is 78.1 cm³/mol. The fraction of sp³-hybridized carbons (Fsp3) is 0.0667. The van der Waals surface area contributed by atoms with Crippen molar-refractivity contribution in [2.75, 3.05) is 0 Å². The van der Waals surface area contributed by atoms with Gasteiger partial charge in [0.25, 0.3) is 0 Å².